The lowest BCUT2D eigenvalue weighted by Gasteiger charge is -2.31. The summed E-state index contributed by atoms with van der Waals surface area (Å²) in [5, 5.41) is 3.69. The molecule has 5 rings (SSSR count). The predicted molar refractivity (Wildman–Crippen MR) is 152 cm³/mol. The van der Waals surface area contributed by atoms with Gasteiger partial charge in [0, 0.05) is 23.9 Å². The van der Waals surface area contributed by atoms with Crippen molar-refractivity contribution in [1.82, 2.24) is 9.88 Å². The molecule has 0 bridgehead atoms. The highest BCUT2D eigenvalue weighted by Gasteiger charge is 2.26. The van der Waals surface area contributed by atoms with Crippen molar-refractivity contribution in [2.24, 2.45) is 5.92 Å². The number of amides is 1. The zero-order chi connectivity index (χ0) is 27.9. The zero-order valence-electron chi connectivity index (χ0n) is 23.2. The number of methoxy groups -OCH3 is 1. The van der Waals surface area contributed by atoms with Crippen molar-refractivity contribution < 1.29 is 28.5 Å². The number of unbranched alkanes of at least 4 members (excludes halogenated alkanes) is 1. The van der Waals surface area contributed by atoms with Crippen molar-refractivity contribution in [3.05, 3.63) is 53.6 Å². The molecule has 1 N–H and O–H groups in total. The van der Waals surface area contributed by atoms with Crippen LogP contribution in [0.15, 0.2) is 42.5 Å². The number of nitrogens with one attached hydrogen (secondary N) is 1. The molecule has 0 spiro atoms. The lowest BCUT2D eigenvalue weighted by Crippen LogP contribution is -2.39. The van der Waals surface area contributed by atoms with Gasteiger partial charge in [-0.25, -0.2) is 9.78 Å². The van der Waals surface area contributed by atoms with Gasteiger partial charge in [-0.15, -0.1) is 0 Å². The number of carbonyl (C=O) groups excluding carboxylic acids is 2. The van der Waals surface area contributed by atoms with E-state index in [9.17, 15) is 9.59 Å². The van der Waals surface area contributed by atoms with Crippen LogP contribution < -0.4 is 19.5 Å². The minimum atomic E-state index is -0.396. The Labute approximate surface area is 234 Å². The molecule has 0 atom stereocenters. The molecule has 40 heavy (non-hydrogen) atoms. The number of hydrogen-bond donors (Lipinski definition) is 1. The summed E-state index contributed by atoms with van der Waals surface area (Å²) in [5.74, 6) is 1.52. The molecule has 1 saturated heterocycles. The van der Waals surface area contributed by atoms with Crippen LogP contribution in [0, 0.1) is 5.92 Å². The average molecular weight is 548 g/mol. The largest absolute Gasteiger partial charge is 0.486 e. The number of rotatable bonds is 10. The minimum absolute atomic E-state index is 0.0318. The number of nitrogens with zero attached hydrogens (tertiary/aromatic N) is 2. The first-order valence-corrected chi connectivity index (χ1v) is 14.1. The van der Waals surface area contributed by atoms with Crippen LogP contribution in [0.1, 0.15) is 48.5 Å². The molecule has 9 nitrogen and oxygen atoms in total. The number of anilines is 1. The molecule has 2 aliphatic rings. The predicted octanol–water partition coefficient (Wildman–Crippen LogP) is 4.86. The van der Waals surface area contributed by atoms with Gasteiger partial charge in [0.1, 0.15) is 13.2 Å². The maximum atomic E-state index is 13.3. The van der Waals surface area contributed by atoms with E-state index in [2.05, 4.69) is 27.3 Å². The van der Waals surface area contributed by atoms with Crippen molar-refractivity contribution in [2.45, 2.75) is 39.0 Å². The molecule has 1 fully saturated rings. The van der Waals surface area contributed by atoms with E-state index in [1.165, 1.54) is 12.7 Å². The Bertz CT molecular complexity index is 1350. The Morgan fingerprint density at radius 1 is 1.05 bits per heavy atom. The summed E-state index contributed by atoms with van der Waals surface area (Å²) in [5.41, 5.74) is 2.71. The topological polar surface area (TPSA) is 99.2 Å². The monoisotopic (exact) mass is 547 g/mol. The molecule has 3 aromatic rings. The molecule has 0 radical (unpaired) electrons. The molecular weight excluding hydrogens is 510 g/mol. The van der Waals surface area contributed by atoms with Crippen LogP contribution in [-0.4, -0.2) is 68.3 Å². The standard InChI is InChI=1S/C31H37N3O6/c1-3-4-17-40-31(36)24-6-8-25(29-23(24)7-10-28(33-29)37-2)32-30(35)22-12-15-34(16-13-22)14-11-21-5-9-26-27(20-21)39-19-18-38-26/h5-10,20,22H,3-4,11-19H2,1-2H3,(H,32,35). The van der Waals surface area contributed by atoms with E-state index in [1.54, 1.807) is 24.3 Å². The molecule has 2 aliphatic heterocycles. The lowest BCUT2D eigenvalue weighted by molar-refractivity contribution is -0.121. The van der Waals surface area contributed by atoms with Gasteiger partial charge >= 0.3 is 5.97 Å². The van der Waals surface area contributed by atoms with E-state index >= 15 is 0 Å². The summed E-state index contributed by atoms with van der Waals surface area (Å²) >= 11 is 0. The number of ether oxygens (including phenoxy) is 4. The highest BCUT2D eigenvalue weighted by molar-refractivity contribution is 6.09. The first-order valence-electron chi connectivity index (χ1n) is 14.1. The number of carbonyl (C=O) groups is 2. The second kappa shape index (κ2) is 13.0. The second-order valence-corrected chi connectivity index (χ2v) is 10.2. The fourth-order valence-corrected chi connectivity index (χ4v) is 5.16. The molecule has 9 heteroatoms. The Kier molecular flexibility index (Phi) is 9.01. The smallest absolute Gasteiger partial charge is 0.338 e. The van der Waals surface area contributed by atoms with Crippen molar-refractivity contribution in [3.63, 3.8) is 0 Å². The minimum Gasteiger partial charge on any atom is -0.486 e. The molecule has 2 aromatic carbocycles. The molecule has 3 heterocycles. The Balaban J connectivity index is 1.19. The summed E-state index contributed by atoms with van der Waals surface area (Å²) < 4.78 is 22.1. The van der Waals surface area contributed by atoms with Crippen molar-refractivity contribution in [3.8, 4) is 17.4 Å². The van der Waals surface area contributed by atoms with E-state index in [0.29, 0.717) is 47.9 Å². The number of piperidine rings is 1. The number of likely N-dealkylation sites (tertiary alicyclic amines) is 1. The molecule has 1 amide bonds. The molecule has 0 saturated carbocycles. The highest BCUT2D eigenvalue weighted by Crippen LogP contribution is 2.32. The van der Waals surface area contributed by atoms with Crippen LogP contribution in [0.5, 0.6) is 17.4 Å². The van der Waals surface area contributed by atoms with Gasteiger partial charge in [-0.2, -0.15) is 0 Å². The Hall–Kier alpha value is -3.85. The summed E-state index contributed by atoms with van der Waals surface area (Å²) in [4.78, 5) is 33.0. The normalized spacial score (nSPS) is 15.6. The van der Waals surface area contributed by atoms with Gasteiger partial charge < -0.3 is 29.2 Å². The van der Waals surface area contributed by atoms with Gasteiger partial charge in [0.25, 0.3) is 0 Å². The maximum Gasteiger partial charge on any atom is 0.338 e. The van der Waals surface area contributed by atoms with Gasteiger partial charge in [-0.05, 0) is 74.7 Å². The SMILES string of the molecule is CCCCOC(=O)c1ccc(NC(=O)C2CCN(CCc3ccc4c(c3)OCCO4)CC2)c2nc(OC)ccc12. The van der Waals surface area contributed by atoms with Gasteiger partial charge in [0.05, 0.1) is 30.5 Å². The van der Waals surface area contributed by atoms with Gasteiger partial charge in [0.2, 0.25) is 11.8 Å². The fourth-order valence-electron chi connectivity index (χ4n) is 5.16. The molecule has 0 aliphatic carbocycles. The van der Waals surface area contributed by atoms with Crippen LogP contribution >= 0.6 is 0 Å². The van der Waals surface area contributed by atoms with Gasteiger partial charge in [-0.3, -0.25) is 4.79 Å². The van der Waals surface area contributed by atoms with Gasteiger partial charge in [0.15, 0.2) is 11.5 Å². The van der Waals surface area contributed by atoms with Crippen molar-refractivity contribution in [1.29, 1.82) is 0 Å². The average Bonchev–Trinajstić information content (AvgIpc) is 3.00. The Morgan fingerprint density at radius 3 is 2.62 bits per heavy atom. The quantitative estimate of drug-likeness (QED) is 0.284. The van der Waals surface area contributed by atoms with Crippen molar-refractivity contribution in [2.75, 3.05) is 51.9 Å². The number of fused-ring (bicyclic) bond motifs is 2. The first kappa shape index (κ1) is 27.7. The highest BCUT2D eigenvalue weighted by atomic mass is 16.6. The number of esters is 1. The first-order chi connectivity index (χ1) is 19.6. The van der Waals surface area contributed by atoms with Gasteiger partial charge in [-0.1, -0.05) is 19.4 Å². The number of pyridine rings is 1. The zero-order valence-corrected chi connectivity index (χ0v) is 23.2. The lowest BCUT2D eigenvalue weighted by atomic mass is 9.95. The summed E-state index contributed by atoms with van der Waals surface area (Å²) in [7, 11) is 1.54. The summed E-state index contributed by atoms with van der Waals surface area (Å²) in [6, 6.07) is 13.1. The van der Waals surface area contributed by atoms with E-state index in [1.807, 2.05) is 13.0 Å². The van der Waals surface area contributed by atoms with Crippen LogP contribution in [0.25, 0.3) is 10.9 Å². The summed E-state index contributed by atoms with van der Waals surface area (Å²) in [6.45, 7) is 6.24. The number of aromatic nitrogens is 1. The third-order valence-electron chi connectivity index (χ3n) is 7.53. The summed E-state index contributed by atoms with van der Waals surface area (Å²) in [6.07, 6.45) is 4.23. The maximum absolute atomic E-state index is 13.3. The van der Waals surface area contributed by atoms with E-state index in [0.717, 1.165) is 63.2 Å². The van der Waals surface area contributed by atoms with Crippen LogP contribution in [-0.2, 0) is 16.0 Å². The number of benzene rings is 2. The third-order valence-corrected chi connectivity index (χ3v) is 7.53. The molecule has 0 unspecified atom stereocenters. The van der Waals surface area contributed by atoms with Crippen molar-refractivity contribution >= 4 is 28.5 Å². The number of hydrogen-bond acceptors (Lipinski definition) is 8. The second-order valence-electron chi connectivity index (χ2n) is 10.2. The van der Waals surface area contributed by atoms with Crippen LogP contribution in [0.2, 0.25) is 0 Å². The van der Waals surface area contributed by atoms with Crippen LogP contribution in [0.4, 0.5) is 5.69 Å². The van der Waals surface area contributed by atoms with E-state index in [4.69, 9.17) is 18.9 Å². The molecule has 1 aromatic heterocycles. The van der Waals surface area contributed by atoms with Crippen LogP contribution in [0.3, 0.4) is 0 Å². The fraction of sp³-hybridized carbons (Fsp3) is 0.452. The third kappa shape index (κ3) is 6.47. The van der Waals surface area contributed by atoms with E-state index < -0.39 is 5.97 Å². The molecular formula is C31H37N3O6. The molecule has 212 valence electrons. The van der Waals surface area contributed by atoms with E-state index in [-0.39, 0.29) is 11.8 Å². The Morgan fingerprint density at radius 2 is 1.85 bits per heavy atom.